The quantitative estimate of drug-likeness (QED) is 0.804. The molecule has 1 amide bonds. The Morgan fingerprint density at radius 2 is 1.96 bits per heavy atom. The van der Waals surface area contributed by atoms with Gasteiger partial charge in [-0.1, -0.05) is 0 Å². The highest BCUT2D eigenvalue weighted by Gasteiger charge is 2.09. The van der Waals surface area contributed by atoms with Crippen molar-refractivity contribution >= 4 is 5.91 Å². The van der Waals surface area contributed by atoms with Crippen LogP contribution in [0.25, 0.3) is 5.69 Å². The number of nitrogens with zero attached hydrogens (tertiary/aromatic N) is 3. The molecule has 1 aromatic carbocycles. The van der Waals surface area contributed by atoms with Gasteiger partial charge in [-0.15, -0.1) is 0 Å². The normalized spacial score (nSPS) is 10.7. The van der Waals surface area contributed by atoms with Gasteiger partial charge in [0.1, 0.15) is 5.76 Å². The van der Waals surface area contributed by atoms with Gasteiger partial charge in [-0.25, -0.2) is 9.67 Å². The van der Waals surface area contributed by atoms with Crippen LogP contribution in [0.1, 0.15) is 33.3 Å². The van der Waals surface area contributed by atoms with E-state index in [0.717, 1.165) is 22.7 Å². The van der Waals surface area contributed by atoms with E-state index in [1.807, 2.05) is 39.1 Å². The van der Waals surface area contributed by atoms with Crippen LogP contribution in [0.15, 0.2) is 41.1 Å². The summed E-state index contributed by atoms with van der Waals surface area (Å²) >= 11 is 0. The fraction of sp³-hybridized carbons (Fsp3) is 0.235. The van der Waals surface area contributed by atoms with Gasteiger partial charge in [0.15, 0.2) is 0 Å². The van der Waals surface area contributed by atoms with Crippen molar-refractivity contribution in [3.05, 3.63) is 65.1 Å². The van der Waals surface area contributed by atoms with Gasteiger partial charge in [0.25, 0.3) is 5.91 Å². The number of nitrogens with one attached hydrogen (secondary N) is 1. The molecule has 3 rings (SSSR count). The van der Waals surface area contributed by atoms with Crippen LogP contribution in [0.5, 0.6) is 0 Å². The van der Waals surface area contributed by atoms with Gasteiger partial charge in [-0.2, -0.15) is 5.10 Å². The van der Waals surface area contributed by atoms with Gasteiger partial charge in [0.2, 0.25) is 5.89 Å². The van der Waals surface area contributed by atoms with Gasteiger partial charge in [-0.3, -0.25) is 4.79 Å². The van der Waals surface area contributed by atoms with Gasteiger partial charge in [0.05, 0.1) is 24.1 Å². The van der Waals surface area contributed by atoms with Gasteiger partial charge < -0.3 is 9.73 Å². The van der Waals surface area contributed by atoms with Crippen LogP contribution in [-0.4, -0.2) is 20.7 Å². The predicted octanol–water partition coefficient (Wildman–Crippen LogP) is 2.72. The highest BCUT2D eigenvalue weighted by Crippen LogP contribution is 2.11. The monoisotopic (exact) mass is 310 g/mol. The van der Waals surface area contributed by atoms with Crippen LogP contribution in [-0.2, 0) is 6.54 Å². The minimum absolute atomic E-state index is 0.165. The van der Waals surface area contributed by atoms with Crippen LogP contribution >= 0.6 is 0 Å². The Hall–Kier alpha value is -2.89. The second-order valence-corrected chi connectivity index (χ2v) is 5.44. The van der Waals surface area contributed by atoms with Crippen LogP contribution < -0.4 is 5.32 Å². The van der Waals surface area contributed by atoms with Crippen LogP contribution in [0, 0.1) is 20.8 Å². The standard InChI is InChI=1S/C17H18N4O2/c1-11-8-19-21(10-11)15-6-4-14(5-7-15)17(22)18-9-16-20-12(2)13(3)23-16/h4-8,10H,9H2,1-3H3,(H,18,22). The third-order valence-electron chi connectivity index (χ3n) is 3.58. The Labute approximate surface area is 134 Å². The predicted molar refractivity (Wildman–Crippen MR) is 85.4 cm³/mol. The second-order valence-electron chi connectivity index (χ2n) is 5.44. The Bertz CT molecular complexity index is 811. The van der Waals surface area contributed by atoms with Crippen molar-refractivity contribution in [3.8, 4) is 5.69 Å². The van der Waals surface area contributed by atoms with Crippen molar-refractivity contribution in [2.24, 2.45) is 0 Å². The molecule has 6 heteroatoms. The van der Waals surface area contributed by atoms with Gasteiger partial charge >= 0.3 is 0 Å². The topological polar surface area (TPSA) is 73.0 Å². The van der Waals surface area contributed by atoms with Crippen molar-refractivity contribution in [3.63, 3.8) is 0 Å². The molecule has 0 saturated carbocycles. The molecule has 0 aliphatic heterocycles. The molecule has 1 N–H and O–H groups in total. The number of aryl methyl sites for hydroxylation is 3. The summed E-state index contributed by atoms with van der Waals surface area (Å²) in [5.74, 6) is 1.12. The van der Waals surface area contributed by atoms with E-state index in [-0.39, 0.29) is 12.5 Å². The molecule has 3 aromatic rings. The summed E-state index contributed by atoms with van der Waals surface area (Å²) in [5.41, 5.74) is 3.42. The van der Waals surface area contributed by atoms with E-state index in [0.29, 0.717) is 11.5 Å². The molecule has 118 valence electrons. The highest BCUT2D eigenvalue weighted by atomic mass is 16.4. The minimum Gasteiger partial charge on any atom is -0.444 e. The van der Waals surface area contributed by atoms with E-state index in [2.05, 4.69) is 15.4 Å². The highest BCUT2D eigenvalue weighted by molar-refractivity contribution is 5.94. The zero-order chi connectivity index (χ0) is 16.4. The Morgan fingerprint density at radius 3 is 2.52 bits per heavy atom. The van der Waals surface area contributed by atoms with E-state index in [1.54, 1.807) is 23.0 Å². The van der Waals surface area contributed by atoms with E-state index >= 15 is 0 Å². The van der Waals surface area contributed by atoms with Crippen molar-refractivity contribution < 1.29 is 9.21 Å². The number of aromatic nitrogens is 3. The summed E-state index contributed by atoms with van der Waals surface area (Å²) in [6.45, 7) is 5.98. The Balaban J connectivity index is 1.65. The Kier molecular flexibility index (Phi) is 3.97. The lowest BCUT2D eigenvalue weighted by Crippen LogP contribution is -2.22. The first kappa shape index (κ1) is 15.0. The summed E-state index contributed by atoms with van der Waals surface area (Å²) in [5, 5.41) is 7.04. The summed E-state index contributed by atoms with van der Waals surface area (Å²) in [7, 11) is 0. The molecule has 0 radical (unpaired) electrons. The fourth-order valence-corrected chi connectivity index (χ4v) is 2.19. The van der Waals surface area contributed by atoms with Crippen LogP contribution in [0.3, 0.4) is 0 Å². The third kappa shape index (κ3) is 3.31. The van der Waals surface area contributed by atoms with E-state index in [4.69, 9.17) is 4.42 Å². The second kappa shape index (κ2) is 6.08. The minimum atomic E-state index is -0.165. The zero-order valence-corrected chi connectivity index (χ0v) is 13.3. The molecule has 0 spiro atoms. The summed E-state index contributed by atoms with van der Waals surface area (Å²) in [6.07, 6.45) is 3.73. The van der Waals surface area contributed by atoms with E-state index in [9.17, 15) is 4.79 Å². The first-order chi connectivity index (χ1) is 11.0. The number of carbonyl (C=O) groups excluding carboxylic acids is 1. The number of benzene rings is 1. The molecule has 0 aliphatic rings. The SMILES string of the molecule is Cc1cnn(-c2ccc(C(=O)NCc3nc(C)c(C)o3)cc2)c1. The molecular weight excluding hydrogens is 292 g/mol. The zero-order valence-electron chi connectivity index (χ0n) is 13.3. The molecule has 0 atom stereocenters. The first-order valence-electron chi connectivity index (χ1n) is 7.36. The summed E-state index contributed by atoms with van der Waals surface area (Å²) < 4.78 is 7.22. The van der Waals surface area contributed by atoms with Crippen molar-refractivity contribution in [1.82, 2.24) is 20.1 Å². The molecule has 0 aliphatic carbocycles. The number of amides is 1. The third-order valence-corrected chi connectivity index (χ3v) is 3.58. The molecule has 2 aromatic heterocycles. The van der Waals surface area contributed by atoms with Gasteiger partial charge in [-0.05, 0) is 50.6 Å². The molecule has 0 saturated heterocycles. The molecule has 2 heterocycles. The molecule has 0 unspecified atom stereocenters. The molecule has 0 bridgehead atoms. The average molecular weight is 310 g/mol. The lowest BCUT2D eigenvalue weighted by molar-refractivity contribution is 0.0947. The van der Waals surface area contributed by atoms with E-state index < -0.39 is 0 Å². The molecule has 6 nitrogen and oxygen atoms in total. The molecular formula is C17H18N4O2. The van der Waals surface area contributed by atoms with Crippen molar-refractivity contribution in [2.45, 2.75) is 27.3 Å². The van der Waals surface area contributed by atoms with Crippen molar-refractivity contribution in [1.29, 1.82) is 0 Å². The fourth-order valence-electron chi connectivity index (χ4n) is 2.19. The first-order valence-corrected chi connectivity index (χ1v) is 7.36. The maximum atomic E-state index is 12.2. The van der Waals surface area contributed by atoms with Crippen LogP contribution in [0.2, 0.25) is 0 Å². The largest absolute Gasteiger partial charge is 0.444 e. The summed E-state index contributed by atoms with van der Waals surface area (Å²) in [4.78, 5) is 16.4. The van der Waals surface area contributed by atoms with E-state index in [1.165, 1.54) is 0 Å². The summed E-state index contributed by atoms with van der Waals surface area (Å²) in [6, 6.07) is 7.27. The number of carbonyl (C=O) groups is 1. The lowest BCUT2D eigenvalue weighted by atomic mass is 10.2. The number of hydrogen-bond acceptors (Lipinski definition) is 4. The maximum absolute atomic E-state index is 12.2. The molecule has 0 fully saturated rings. The van der Waals surface area contributed by atoms with Gasteiger partial charge in [0, 0.05) is 11.8 Å². The lowest BCUT2D eigenvalue weighted by Gasteiger charge is -2.05. The average Bonchev–Trinajstić information content (AvgIpc) is 3.11. The Morgan fingerprint density at radius 1 is 1.22 bits per heavy atom. The maximum Gasteiger partial charge on any atom is 0.251 e. The van der Waals surface area contributed by atoms with Crippen LogP contribution in [0.4, 0.5) is 0 Å². The number of oxazole rings is 1. The molecule has 23 heavy (non-hydrogen) atoms. The smallest absolute Gasteiger partial charge is 0.251 e. The number of hydrogen-bond donors (Lipinski definition) is 1. The van der Waals surface area contributed by atoms with Crippen molar-refractivity contribution in [2.75, 3.05) is 0 Å². The number of rotatable bonds is 4.